The topological polar surface area (TPSA) is 29.3 Å². The predicted molar refractivity (Wildman–Crippen MR) is 82.9 cm³/mol. The fraction of sp³-hybridized carbons (Fsp3) is 0.286. The molecule has 0 unspecified atom stereocenters. The van der Waals surface area contributed by atoms with Gasteiger partial charge in [-0.15, -0.1) is 11.3 Å². The van der Waals surface area contributed by atoms with Gasteiger partial charge in [0.2, 0.25) is 0 Å². The van der Waals surface area contributed by atoms with Gasteiger partial charge in [0.05, 0.1) is 0 Å². The summed E-state index contributed by atoms with van der Waals surface area (Å²) in [4.78, 5) is 3.76. The molecule has 0 saturated heterocycles. The predicted octanol–water partition coefficient (Wildman–Crippen LogP) is 3.77. The lowest BCUT2D eigenvalue weighted by atomic mass is 10.2. The molecule has 4 heteroatoms. The van der Waals surface area contributed by atoms with Crippen LogP contribution in [0.4, 0.5) is 5.69 Å². The lowest BCUT2D eigenvalue weighted by Crippen LogP contribution is -2.20. The molecular formula is C14H17BrN2S. The minimum atomic E-state index is 0.819. The third-order valence-electron chi connectivity index (χ3n) is 2.83. The summed E-state index contributed by atoms with van der Waals surface area (Å²) in [5.41, 5.74) is 7.88. The molecule has 2 nitrogen and oxygen atoms in total. The van der Waals surface area contributed by atoms with Crippen molar-refractivity contribution in [3.8, 4) is 0 Å². The summed E-state index contributed by atoms with van der Waals surface area (Å²) in [6.07, 6.45) is 1.11. The van der Waals surface area contributed by atoms with Gasteiger partial charge in [-0.25, -0.2) is 0 Å². The smallest absolute Gasteiger partial charge is 0.0318 e. The van der Waals surface area contributed by atoms with Crippen molar-refractivity contribution < 1.29 is 0 Å². The summed E-state index contributed by atoms with van der Waals surface area (Å²) in [7, 11) is 2.14. The molecule has 0 aliphatic heterocycles. The lowest BCUT2D eigenvalue weighted by molar-refractivity contribution is 0.331. The van der Waals surface area contributed by atoms with Gasteiger partial charge in [0, 0.05) is 28.1 Å². The Hall–Kier alpha value is -0.840. The molecule has 0 aliphatic carbocycles. The van der Waals surface area contributed by atoms with E-state index in [1.165, 1.54) is 10.4 Å². The number of nitrogen functional groups attached to an aromatic ring is 1. The highest BCUT2D eigenvalue weighted by Gasteiger charge is 2.05. The van der Waals surface area contributed by atoms with Crippen molar-refractivity contribution >= 4 is 33.0 Å². The first kappa shape index (κ1) is 13.6. The van der Waals surface area contributed by atoms with Gasteiger partial charge in [-0.3, -0.25) is 0 Å². The van der Waals surface area contributed by atoms with Crippen molar-refractivity contribution in [1.82, 2.24) is 4.90 Å². The number of halogens is 1. The van der Waals surface area contributed by atoms with Gasteiger partial charge in [0.15, 0.2) is 0 Å². The third kappa shape index (κ3) is 3.83. The maximum absolute atomic E-state index is 5.82. The molecule has 1 aromatic carbocycles. The van der Waals surface area contributed by atoms with Crippen molar-refractivity contribution in [3.05, 3.63) is 50.6 Å². The molecule has 0 aliphatic rings. The van der Waals surface area contributed by atoms with Crippen LogP contribution in [0.25, 0.3) is 0 Å². The van der Waals surface area contributed by atoms with Crippen molar-refractivity contribution in [2.45, 2.75) is 13.0 Å². The van der Waals surface area contributed by atoms with Crippen LogP contribution in [0.5, 0.6) is 0 Å². The van der Waals surface area contributed by atoms with E-state index in [2.05, 4.69) is 45.4 Å². The van der Waals surface area contributed by atoms with E-state index in [0.717, 1.165) is 29.7 Å². The standard InChI is InChI=1S/C14H17BrN2S/c1-17(7-6-13-3-2-8-18-13)10-11-9-12(16)4-5-14(11)15/h2-5,8-9H,6-7,10,16H2,1H3. The zero-order valence-electron chi connectivity index (χ0n) is 10.4. The quantitative estimate of drug-likeness (QED) is 0.848. The number of thiophene rings is 1. The van der Waals surface area contributed by atoms with Gasteiger partial charge < -0.3 is 10.6 Å². The highest BCUT2D eigenvalue weighted by Crippen LogP contribution is 2.21. The Morgan fingerprint density at radius 3 is 2.89 bits per heavy atom. The Morgan fingerprint density at radius 2 is 2.17 bits per heavy atom. The summed E-state index contributed by atoms with van der Waals surface area (Å²) in [5.74, 6) is 0. The molecule has 0 atom stereocenters. The molecule has 2 N–H and O–H groups in total. The number of anilines is 1. The average Bonchev–Trinajstić information content (AvgIpc) is 2.84. The molecule has 96 valence electrons. The summed E-state index contributed by atoms with van der Waals surface area (Å²) in [6, 6.07) is 10.3. The number of hydrogen-bond donors (Lipinski definition) is 1. The lowest BCUT2D eigenvalue weighted by Gasteiger charge is -2.17. The highest BCUT2D eigenvalue weighted by molar-refractivity contribution is 9.10. The summed E-state index contributed by atoms with van der Waals surface area (Å²) >= 11 is 5.39. The van der Waals surface area contributed by atoms with Crippen LogP contribution in [-0.2, 0) is 13.0 Å². The summed E-state index contributed by atoms with van der Waals surface area (Å²) in [5, 5.41) is 2.13. The van der Waals surface area contributed by atoms with Crippen LogP contribution in [0.3, 0.4) is 0 Å². The van der Waals surface area contributed by atoms with Crippen LogP contribution in [0.15, 0.2) is 40.2 Å². The molecule has 18 heavy (non-hydrogen) atoms. The fourth-order valence-corrected chi connectivity index (χ4v) is 2.91. The van der Waals surface area contributed by atoms with Crippen LogP contribution in [-0.4, -0.2) is 18.5 Å². The molecule has 2 rings (SSSR count). The minimum absolute atomic E-state index is 0.819. The number of nitrogens with zero attached hydrogens (tertiary/aromatic N) is 1. The zero-order chi connectivity index (χ0) is 13.0. The normalized spacial score (nSPS) is 11.1. The van der Waals surface area contributed by atoms with E-state index in [1.807, 2.05) is 29.5 Å². The number of hydrogen-bond acceptors (Lipinski definition) is 3. The second kappa shape index (κ2) is 6.36. The molecular weight excluding hydrogens is 308 g/mol. The first-order valence-electron chi connectivity index (χ1n) is 5.90. The number of nitrogens with two attached hydrogens (primary N) is 1. The molecule has 1 aromatic heterocycles. The van der Waals surface area contributed by atoms with Crippen molar-refractivity contribution in [2.75, 3.05) is 19.3 Å². The zero-order valence-corrected chi connectivity index (χ0v) is 12.8. The van der Waals surface area contributed by atoms with E-state index in [1.54, 1.807) is 0 Å². The molecule has 0 bridgehead atoms. The Balaban J connectivity index is 1.90. The first-order valence-corrected chi connectivity index (χ1v) is 7.57. The SMILES string of the molecule is CN(CCc1cccs1)Cc1cc(N)ccc1Br. The van der Waals surface area contributed by atoms with E-state index < -0.39 is 0 Å². The molecule has 0 fully saturated rings. The van der Waals surface area contributed by atoms with Gasteiger partial charge in [-0.05, 0) is 48.7 Å². The molecule has 2 aromatic rings. The Bertz CT molecular complexity index is 497. The van der Waals surface area contributed by atoms with Gasteiger partial charge in [0.25, 0.3) is 0 Å². The molecule has 0 amide bonds. The van der Waals surface area contributed by atoms with E-state index in [0.29, 0.717) is 0 Å². The van der Waals surface area contributed by atoms with Gasteiger partial charge in [-0.2, -0.15) is 0 Å². The second-order valence-corrected chi connectivity index (χ2v) is 6.30. The monoisotopic (exact) mass is 324 g/mol. The van der Waals surface area contributed by atoms with Crippen molar-refractivity contribution in [3.63, 3.8) is 0 Å². The maximum atomic E-state index is 5.82. The number of likely N-dealkylation sites (N-methyl/N-ethyl adjacent to an activating group) is 1. The molecule has 0 spiro atoms. The molecule has 0 radical (unpaired) electrons. The van der Waals surface area contributed by atoms with Gasteiger partial charge in [0.1, 0.15) is 0 Å². The van der Waals surface area contributed by atoms with E-state index in [4.69, 9.17) is 5.73 Å². The van der Waals surface area contributed by atoms with Crippen LogP contribution in [0.2, 0.25) is 0 Å². The van der Waals surface area contributed by atoms with Gasteiger partial charge in [-0.1, -0.05) is 22.0 Å². The van der Waals surface area contributed by atoms with Crippen LogP contribution in [0, 0.1) is 0 Å². The average molecular weight is 325 g/mol. The minimum Gasteiger partial charge on any atom is -0.399 e. The Kier molecular flexibility index (Phi) is 4.80. The second-order valence-electron chi connectivity index (χ2n) is 4.42. The largest absolute Gasteiger partial charge is 0.399 e. The maximum Gasteiger partial charge on any atom is 0.0318 e. The van der Waals surface area contributed by atoms with E-state index in [9.17, 15) is 0 Å². The number of rotatable bonds is 5. The van der Waals surface area contributed by atoms with E-state index >= 15 is 0 Å². The first-order chi connectivity index (χ1) is 8.65. The molecule has 1 heterocycles. The third-order valence-corrected chi connectivity index (χ3v) is 4.54. The Labute approximate surface area is 121 Å². The fourth-order valence-electron chi connectivity index (χ4n) is 1.84. The van der Waals surface area contributed by atoms with E-state index in [-0.39, 0.29) is 0 Å². The summed E-state index contributed by atoms with van der Waals surface area (Å²) in [6.45, 7) is 1.97. The van der Waals surface area contributed by atoms with Gasteiger partial charge >= 0.3 is 0 Å². The van der Waals surface area contributed by atoms with Crippen LogP contribution in [0.1, 0.15) is 10.4 Å². The van der Waals surface area contributed by atoms with Crippen molar-refractivity contribution in [2.24, 2.45) is 0 Å². The molecule has 0 saturated carbocycles. The highest BCUT2D eigenvalue weighted by atomic mass is 79.9. The number of benzene rings is 1. The van der Waals surface area contributed by atoms with Crippen LogP contribution < -0.4 is 5.73 Å². The summed E-state index contributed by atoms with van der Waals surface area (Å²) < 4.78 is 1.12. The van der Waals surface area contributed by atoms with Crippen molar-refractivity contribution in [1.29, 1.82) is 0 Å². The Morgan fingerprint density at radius 1 is 1.33 bits per heavy atom. The van der Waals surface area contributed by atoms with Crippen LogP contribution >= 0.6 is 27.3 Å².